The lowest BCUT2D eigenvalue weighted by Crippen LogP contribution is -2.28. The Bertz CT molecular complexity index is 628. The Morgan fingerprint density at radius 1 is 1.25 bits per heavy atom. The van der Waals surface area contributed by atoms with Crippen LogP contribution in [-0.2, 0) is 10.0 Å². The van der Waals surface area contributed by atoms with Gasteiger partial charge in [-0.15, -0.1) is 0 Å². The summed E-state index contributed by atoms with van der Waals surface area (Å²) in [6.07, 6.45) is 3.00. The first-order chi connectivity index (χ1) is 11.5. The van der Waals surface area contributed by atoms with Crippen LogP contribution in [0, 0.1) is 11.3 Å². The van der Waals surface area contributed by atoms with Crippen LogP contribution in [0.5, 0.6) is 0 Å². The Morgan fingerprint density at radius 3 is 2.71 bits per heavy atom. The van der Waals surface area contributed by atoms with Crippen molar-refractivity contribution >= 4 is 15.7 Å². The minimum absolute atomic E-state index is 0.192. The number of nitrogens with one attached hydrogen (secondary N) is 3. The predicted molar refractivity (Wildman–Crippen MR) is 96.1 cm³/mol. The van der Waals surface area contributed by atoms with Crippen molar-refractivity contribution < 1.29 is 8.42 Å². The number of rotatable bonds is 12. The van der Waals surface area contributed by atoms with E-state index in [0.717, 1.165) is 32.4 Å². The summed E-state index contributed by atoms with van der Waals surface area (Å²) in [4.78, 5) is 0.192. The number of hydrogen-bond acceptors (Lipinski definition) is 6. The number of nitrogens with zero attached hydrogens (tertiary/aromatic N) is 1. The van der Waals surface area contributed by atoms with E-state index in [-0.39, 0.29) is 11.4 Å². The summed E-state index contributed by atoms with van der Waals surface area (Å²) >= 11 is 0. The van der Waals surface area contributed by atoms with Gasteiger partial charge in [0.25, 0.3) is 0 Å². The SMILES string of the molecule is CCCCNCCCNS(=O)(=O)c1cccc(NCC(N)C#N)c1. The fraction of sp³-hybridized carbons (Fsp3) is 0.562. The average Bonchev–Trinajstić information content (AvgIpc) is 2.59. The van der Waals surface area contributed by atoms with Gasteiger partial charge in [0.15, 0.2) is 0 Å². The second-order valence-electron chi connectivity index (χ2n) is 5.50. The molecule has 24 heavy (non-hydrogen) atoms. The maximum Gasteiger partial charge on any atom is 0.240 e. The van der Waals surface area contributed by atoms with Gasteiger partial charge in [-0.25, -0.2) is 13.1 Å². The maximum absolute atomic E-state index is 12.3. The highest BCUT2D eigenvalue weighted by atomic mass is 32.2. The van der Waals surface area contributed by atoms with Crippen LogP contribution in [0.25, 0.3) is 0 Å². The molecule has 0 radical (unpaired) electrons. The molecule has 0 spiro atoms. The summed E-state index contributed by atoms with van der Waals surface area (Å²) in [5.41, 5.74) is 6.12. The zero-order chi connectivity index (χ0) is 17.8. The van der Waals surface area contributed by atoms with E-state index in [9.17, 15) is 8.42 Å². The smallest absolute Gasteiger partial charge is 0.240 e. The van der Waals surface area contributed by atoms with Crippen molar-refractivity contribution in [3.05, 3.63) is 24.3 Å². The van der Waals surface area contributed by atoms with Gasteiger partial charge in [-0.05, 0) is 44.1 Å². The minimum Gasteiger partial charge on any atom is -0.382 e. The Hall–Kier alpha value is -1.66. The predicted octanol–water partition coefficient (Wildman–Crippen LogP) is 1.01. The molecule has 0 aromatic heterocycles. The molecule has 0 fully saturated rings. The lowest BCUT2D eigenvalue weighted by atomic mass is 10.3. The molecule has 5 N–H and O–H groups in total. The van der Waals surface area contributed by atoms with Crippen LogP contribution in [0.1, 0.15) is 26.2 Å². The van der Waals surface area contributed by atoms with Crippen LogP contribution in [0.3, 0.4) is 0 Å². The quantitative estimate of drug-likeness (QED) is 0.416. The molecule has 1 aromatic carbocycles. The van der Waals surface area contributed by atoms with Crippen LogP contribution in [0.15, 0.2) is 29.2 Å². The first-order valence-electron chi connectivity index (χ1n) is 8.19. The van der Waals surface area contributed by atoms with Crippen LogP contribution < -0.4 is 21.1 Å². The Labute approximate surface area is 144 Å². The molecule has 0 saturated carbocycles. The number of benzene rings is 1. The van der Waals surface area contributed by atoms with Gasteiger partial charge in [-0.2, -0.15) is 5.26 Å². The molecular formula is C16H27N5O2S. The molecule has 0 amide bonds. The van der Waals surface area contributed by atoms with Gasteiger partial charge in [0.2, 0.25) is 10.0 Å². The summed E-state index contributed by atoms with van der Waals surface area (Å²) in [6.45, 7) is 4.53. The van der Waals surface area contributed by atoms with Crippen molar-refractivity contribution in [3.8, 4) is 6.07 Å². The highest BCUT2D eigenvalue weighted by molar-refractivity contribution is 7.89. The second-order valence-corrected chi connectivity index (χ2v) is 7.27. The molecule has 0 saturated heterocycles. The maximum atomic E-state index is 12.3. The van der Waals surface area contributed by atoms with E-state index >= 15 is 0 Å². The fourth-order valence-electron chi connectivity index (χ4n) is 1.98. The average molecular weight is 353 g/mol. The van der Waals surface area contributed by atoms with E-state index in [1.54, 1.807) is 12.1 Å². The molecule has 0 bridgehead atoms. The summed E-state index contributed by atoms with van der Waals surface area (Å²) in [5, 5.41) is 14.9. The first kappa shape index (κ1) is 20.4. The highest BCUT2D eigenvalue weighted by Gasteiger charge is 2.13. The van der Waals surface area contributed by atoms with Crippen LogP contribution in [0.4, 0.5) is 5.69 Å². The molecule has 7 nitrogen and oxygen atoms in total. The number of sulfonamides is 1. The van der Waals surface area contributed by atoms with E-state index < -0.39 is 16.1 Å². The number of hydrogen-bond donors (Lipinski definition) is 4. The number of nitriles is 1. The molecule has 0 heterocycles. The van der Waals surface area contributed by atoms with E-state index in [1.807, 2.05) is 6.07 Å². The summed E-state index contributed by atoms with van der Waals surface area (Å²) in [5.74, 6) is 0. The Morgan fingerprint density at radius 2 is 2.00 bits per heavy atom. The fourth-order valence-corrected chi connectivity index (χ4v) is 3.10. The number of nitrogens with two attached hydrogens (primary N) is 1. The van der Waals surface area contributed by atoms with Crippen molar-refractivity contribution in [2.75, 3.05) is 31.5 Å². The van der Waals surface area contributed by atoms with Gasteiger partial charge in [0.1, 0.15) is 6.04 Å². The number of anilines is 1. The molecule has 1 aromatic rings. The van der Waals surface area contributed by atoms with Gasteiger partial charge in [-0.1, -0.05) is 19.4 Å². The molecule has 0 aliphatic heterocycles. The topological polar surface area (TPSA) is 120 Å². The van der Waals surface area contributed by atoms with Crippen molar-refractivity contribution in [2.45, 2.75) is 37.1 Å². The minimum atomic E-state index is -3.54. The summed E-state index contributed by atoms with van der Waals surface area (Å²) < 4.78 is 27.2. The van der Waals surface area contributed by atoms with Crippen molar-refractivity contribution in [1.29, 1.82) is 5.26 Å². The highest BCUT2D eigenvalue weighted by Crippen LogP contribution is 2.15. The molecule has 134 valence electrons. The third-order valence-electron chi connectivity index (χ3n) is 3.37. The standard InChI is InChI=1S/C16H27N5O2S/c1-2-3-8-19-9-5-10-21-24(22,23)16-7-4-6-15(11-16)20-13-14(18)12-17/h4,6-7,11,14,19-21H,2-3,5,8-10,13,18H2,1H3. The largest absolute Gasteiger partial charge is 0.382 e. The Kier molecular flexibility index (Phi) is 9.34. The van der Waals surface area contributed by atoms with E-state index in [1.165, 1.54) is 12.1 Å². The molecule has 8 heteroatoms. The van der Waals surface area contributed by atoms with Gasteiger partial charge in [0.05, 0.1) is 11.0 Å². The summed E-state index contributed by atoms with van der Waals surface area (Å²) in [6, 6.07) is 7.74. The van der Waals surface area contributed by atoms with Crippen LogP contribution in [-0.4, -0.2) is 40.6 Å². The van der Waals surface area contributed by atoms with Crippen molar-refractivity contribution in [1.82, 2.24) is 10.0 Å². The zero-order valence-electron chi connectivity index (χ0n) is 14.1. The molecule has 0 aliphatic rings. The number of unbranched alkanes of at least 4 members (excludes halogenated alkanes) is 1. The zero-order valence-corrected chi connectivity index (χ0v) is 14.9. The summed E-state index contributed by atoms with van der Waals surface area (Å²) in [7, 11) is -3.54. The monoisotopic (exact) mass is 353 g/mol. The molecule has 0 aliphatic carbocycles. The third kappa shape index (κ3) is 7.75. The van der Waals surface area contributed by atoms with Crippen LogP contribution in [0.2, 0.25) is 0 Å². The van der Waals surface area contributed by atoms with Crippen molar-refractivity contribution in [2.24, 2.45) is 5.73 Å². The lowest BCUT2D eigenvalue weighted by Gasteiger charge is -2.11. The second kappa shape index (κ2) is 11.0. The van der Waals surface area contributed by atoms with E-state index in [0.29, 0.717) is 12.2 Å². The molecular weight excluding hydrogens is 326 g/mol. The normalized spacial score (nSPS) is 12.5. The third-order valence-corrected chi connectivity index (χ3v) is 4.82. The molecule has 1 unspecified atom stereocenters. The van der Waals surface area contributed by atoms with Gasteiger partial charge >= 0.3 is 0 Å². The Balaban J connectivity index is 2.47. The van der Waals surface area contributed by atoms with E-state index in [4.69, 9.17) is 11.0 Å². The van der Waals surface area contributed by atoms with Crippen molar-refractivity contribution in [3.63, 3.8) is 0 Å². The van der Waals surface area contributed by atoms with Gasteiger partial charge in [0, 0.05) is 18.8 Å². The lowest BCUT2D eigenvalue weighted by molar-refractivity contribution is 0.571. The van der Waals surface area contributed by atoms with Gasteiger partial charge in [-0.3, -0.25) is 0 Å². The molecule has 1 atom stereocenters. The van der Waals surface area contributed by atoms with Gasteiger partial charge < -0.3 is 16.4 Å². The molecule has 1 rings (SSSR count). The van der Waals surface area contributed by atoms with Crippen LogP contribution >= 0.6 is 0 Å². The van der Waals surface area contributed by atoms with E-state index in [2.05, 4.69) is 22.3 Å². The first-order valence-corrected chi connectivity index (χ1v) is 9.67.